The SMILES string of the molecule is CC(C)C1(O)CC2(C1)C1CC3CC3C2C2CC21.CC(C)C1(O)CC2(C1)C1CCCC2CCC1. The lowest BCUT2D eigenvalue weighted by molar-refractivity contribution is -0.223. The zero-order valence-corrected chi connectivity index (χ0v) is 21.9. The summed E-state index contributed by atoms with van der Waals surface area (Å²) in [4.78, 5) is 0. The molecule has 8 rings (SSSR count). The van der Waals surface area contributed by atoms with E-state index in [-0.39, 0.29) is 11.2 Å². The molecular formula is C31H50O2. The Morgan fingerprint density at radius 3 is 1.64 bits per heavy atom. The van der Waals surface area contributed by atoms with Crippen LogP contribution in [0.25, 0.3) is 0 Å². The molecule has 0 aromatic heterocycles. The molecular weight excluding hydrogens is 404 g/mol. The number of rotatable bonds is 2. The van der Waals surface area contributed by atoms with Crippen molar-refractivity contribution in [3.8, 4) is 0 Å². The van der Waals surface area contributed by atoms with Crippen LogP contribution in [-0.4, -0.2) is 21.4 Å². The molecule has 6 atom stereocenters. The predicted octanol–water partition coefficient (Wildman–Crippen LogP) is 6.83. The van der Waals surface area contributed by atoms with Crippen LogP contribution in [0.1, 0.15) is 111 Å². The van der Waals surface area contributed by atoms with Crippen LogP contribution in [0.5, 0.6) is 0 Å². The quantitative estimate of drug-likeness (QED) is 0.480. The summed E-state index contributed by atoms with van der Waals surface area (Å²) in [5, 5.41) is 21.2. The summed E-state index contributed by atoms with van der Waals surface area (Å²) in [6.45, 7) is 8.79. The maximum Gasteiger partial charge on any atom is 0.0681 e. The topological polar surface area (TPSA) is 40.5 Å². The molecule has 8 fully saturated rings. The standard InChI is InChI=1S/C16H24O.C15H26O/c1-8(2)16(17)6-15(7-16)13-4-9-3-10(9)14(15)12-5-11(12)13;1-11(2)15(16)9-14(10-15)12-5-3-6-13(14)8-4-7-12/h8-14,17H,3-7H2,1-2H3;11-13,16H,3-10H2,1-2H3. The summed E-state index contributed by atoms with van der Waals surface area (Å²) in [7, 11) is 0. The van der Waals surface area contributed by atoms with Gasteiger partial charge in [-0.3, -0.25) is 0 Å². The first kappa shape index (κ1) is 22.1. The Balaban J connectivity index is 0.000000116. The summed E-state index contributed by atoms with van der Waals surface area (Å²) < 4.78 is 0. The summed E-state index contributed by atoms with van der Waals surface area (Å²) in [6, 6.07) is 0. The first-order chi connectivity index (χ1) is 15.6. The number of aliphatic hydroxyl groups is 2. The Labute approximate surface area is 202 Å². The van der Waals surface area contributed by atoms with Crippen LogP contribution in [0.2, 0.25) is 0 Å². The van der Waals surface area contributed by atoms with E-state index in [1.165, 1.54) is 44.9 Å². The van der Waals surface area contributed by atoms with Gasteiger partial charge in [0, 0.05) is 0 Å². The summed E-state index contributed by atoms with van der Waals surface area (Å²) in [5.74, 6) is 9.32. The molecule has 186 valence electrons. The second-order valence-corrected chi connectivity index (χ2v) is 15.5. The normalized spacial score (nSPS) is 61.1. The highest BCUT2D eigenvalue weighted by Crippen LogP contribution is 2.84. The van der Waals surface area contributed by atoms with Gasteiger partial charge in [-0.25, -0.2) is 0 Å². The molecule has 8 aliphatic carbocycles. The van der Waals surface area contributed by atoms with Crippen molar-refractivity contribution in [3.05, 3.63) is 0 Å². The highest BCUT2D eigenvalue weighted by Gasteiger charge is 2.79. The van der Waals surface area contributed by atoms with Crippen LogP contribution in [0.15, 0.2) is 0 Å². The van der Waals surface area contributed by atoms with Crippen LogP contribution < -0.4 is 0 Å². The lowest BCUT2D eigenvalue weighted by Gasteiger charge is -2.66. The van der Waals surface area contributed by atoms with Gasteiger partial charge in [0.15, 0.2) is 0 Å². The summed E-state index contributed by atoms with van der Waals surface area (Å²) in [5.41, 5.74) is 0.597. The number of fused-ring (bicyclic) bond motifs is 5. The fourth-order valence-corrected chi connectivity index (χ4v) is 11.7. The zero-order chi connectivity index (χ0) is 23.0. The molecule has 8 aliphatic rings. The molecule has 0 heterocycles. The highest BCUT2D eigenvalue weighted by atomic mass is 16.3. The molecule has 33 heavy (non-hydrogen) atoms. The van der Waals surface area contributed by atoms with Gasteiger partial charge in [-0.1, -0.05) is 40.5 Å². The maximum absolute atomic E-state index is 10.7. The van der Waals surface area contributed by atoms with Crippen molar-refractivity contribution in [2.45, 2.75) is 122 Å². The molecule has 0 aromatic rings. The molecule has 4 bridgehead atoms. The third kappa shape index (κ3) is 2.86. The van der Waals surface area contributed by atoms with E-state index < -0.39 is 0 Å². The van der Waals surface area contributed by atoms with Crippen molar-refractivity contribution in [2.24, 2.45) is 70.0 Å². The largest absolute Gasteiger partial charge is 0.390 e. The predicted molar refractivity (Wildman–Crippen MR) is 132 cm³/mol. The van der Waals surface area contributed by atoms with Crippen molar-refractivity contribution in [1.82, 2.24) is 0 Å². The van der Waals surface area contributed by atoms with Gasteiger partial charge in [0.2, 0.25) is 0 Å². The van der Waals surface area contributed by atoms with Crippen molar-refractivity contribution < 1.29 is 10.2 Å². The van der Waals surface area contributed by atoms with E-state index in [0.29, 0.717) is 22.7 Å². The van der Waals surface area contributed by atoms with Gasteiger partial charge in [-0.2, -0.15) is 0 Å². The van der Waals surface area contributed by atoms with Crippen molar-refractivity contribution in [3.63, 3.8) is 0 Å². The molecule has 2 heteroatoms. The van der Waals surface area contributed by atoms with E-state index in [2.05, 4.69) is 27.7 Å². The fraction of sp³-hybridized carbons (Fsp3) is 1.00. The monoisotopic (exact) mass is 454 g/mol. The highest BCUT2D eigenvalue weighted by molar-refractivity contribution is 5.27. The van der Waals surface area contributed by atoms with E-state index in [1.807, 2.05) is 0 Å². The van der Waals surface area contributed by atoms with E-state index in [0.717, 1.165) is 73.0 Å². The third-order valence-electron chi connectivity index (χ3n) is 13.8. The number of hydrogen-bond acceptors (Lipinski definition) is 2. The Hall–Kier alpha value is -0.0800. The van der Waals surface area contributed by atoms with Gasteiger partial charge < -0.3 is 10.2 Å². The van der Waals surface area contributed by atoms with E-state index in [4.69, 9.17) is 0 Å². The minimum Gasteiger partial charge on any atom is -0.390 e. The minimum atomic E-state index is -0.314. The van der Waals surface area contributed by atoms with Gasteiger partial charge >= 0.3 is 0 Å². The van der Waals surface area contributed by atoms with E-state index in [9.17, 15) is 10.2 Å². The number of hydrogen-bond donors (Lipinski definition) is 2. The van der Waals surface area contributed by atoms with Gasteiger partial charge in [0.25, 0.3) is 0 Å². The molecule has 0 aromatic carbocycles. The molecule has 2 N–H and O–H groups in total. The van der Waals surface area contributed by atoms with E-state index >= 15 is 0 Å². The van der Waals surface area contributed by atoms with E-state index in [1.54, 1.807) is 12.8 Å². The van der Waals surface area contributed by atoms with Crippen LogP contribution in [0.4, 0.5) is 0 Å². The molecule has 0 radical (unpaired) electrons. The van der Waals surface area contributed by atoms with Crippen LogP contribution in [-0.2, 0) is 0 Å². The van der Waals surface area contributed by atoms with Gasteiger partial charge in [0.1, 0.15) is 0 Å². The fourth-order valence-electron chi connectivity index (χ4n) is 11.7. The van der Waals surface area contributed by atoms with Gasteiger partial charge in [0.05, 0.1) is 11.2 Å². The van der Waals surface area contributed by atoms with Gasteiger partial charge in [-0.05, 0) is 141 Å². The average molecular weight is 455 g/mol. The Morgan fingerprint density at radius 2 is 1.12 bits per heavy atom. The van der Waals surface area contributed by atoms with Gasteiger partial charge in [-0.15, -0.1) is 0 Å². The average Bonchev–Trinajstić information content (AvgIpc) is 3.58. The Kier molecular flexibility index (Phi) is 4.57. The van der Waals surface area contributed by atoms with Crippen molar-refractivity contribution >= 4 is 0 Å². The summed E-state index contributed by atoms with van der Waals surface area (Å²) >= 11 is 0. The molecule has 0 aliphatic heterocycles. The van der Waals surface area contributed by atoms with Crippen LogP contribution in [0, 0.1) is 70.0 Å². The lowest BCUT2D eigenvalue weighted by Crippen LogP contribution is -2.63. The molecule has 2 spiro atoms. The first-order valence-corrected chi connectivity index (χ1v) is 15.1. The minimum absolute atomic E-state index is 0.297. The van der Waals surface area contributed by atoms with Crippen LogP contribution >= 0.6 is 0 Å². The smallest absolute Gasteiger partial charge is 0.0681 e. The lowest BCUT2D eigenvalue weighted by atomic mass is 9.41. The third-order valence-corrected chi connectivity index (χ3v) is 13.8. The molecule has 0 amide bonds. The Morgan fingerprint density at radius 1 is 0.606 bits per heavy atom. The molecule has 8 saturated carbocycles. The van der Waals surface area contributed by atoms with Crippen LogP contribution in [0.3, 0.4) is 0 Å². The molecule has 2 nitrogen and oxygen atoms in total. The maximum atomic E-state index is 10.7. The molecule has 0 saturated heterocycles. The second-order valence-electron chi connectivity index (χ2n) is 15.5. The second kappa shape index (κ2) is 6.81. The Bertz CT molecular complexity index is 772. The first-order valence-electron chi connectivity index (χ1n) is 15.1. The van der Waals surface area contributed by atoms with Crippen molar-refractivity contribution in [2.75, 3.05) is 0 Å². The molecule has 6 unspecified atom stereocenters. The zero-order valence-electron chi connectivity index (χ0n) is 21.9. The summed E-state index contributed by atoms with van der Waals surface area (Å²) in [6.07, 6.45) is 17.9. The van der Waals surface area contributed by atoms with Crippen molar-refractivity contribution in [1.29, 1.82) is 0 Å².